The Bertz CT molecular complexity index is 753. The summed E-state index contributed by atoms with van der Waals surface area (Å²) in [5.41, 5.74) is 3.94. The number of rotatable bonds is 8. The van der Waals surface area contributed by atoms with Gasteiger partial charge in [-0.15, -0.1) is 0 Å². The van der Waals surface area contributed by atoms with Crippen LogP contribution in [0.2, 0.25) is 0 Å². The minimum absolute atomic E-state index is 0.0672. The summed E-state index contributed by atoms with van der Waals surface area (Å²) in [5, 5.41) is 17.4. The number of piperidine rings is 1. The number of carbonyl (C=O) groups is 1. The van der Waals surface area contributed by atoms with Gasteiger partial charge in [-0.2, -0.15) is 0 Å². The number of amides is 1. The van der Waals surface area contributed by atoms with Crippen molar-refractivity contribution in [2.24, 2.45) is 29.6 Å². The van der Waals surface area contributed by atoms with Gasteiger partial charge in [0.2, 0.25) is 5.91 Å². The number of halogens is 1. The van der Waals surface area contributed by atoms with Crippen LogP contribution in [0.15, 0.2) is 0 Å². The van der Waals surface area contributed by atoms with E-state index in [4.69, 9.17) is 0 Å². The van der Waals surface area contributed by atoms with Gasteiger partial charge in [0, 0.05) is 41.5 Å². The highest BCUT2D eigenvalue weighted by Gasteiger charge is 2.54. The molecule has 6 nitrogen and oxygen atoms in total. The number of carbonyl (C=O) groups excluding carboxylic acids is 1. The number of aliphatic hydroxyl groups is 1. The second kappa shape index (κ2) is 13.0. The van der Waals surface area contributed by atoms with Gasteiger partial charge < -0.3 is 15.3 Å². The van der Waals surface area contributed by atoms with Gasteiger partial charge in [-0.25, -0.2) is 5.01 Å². The Morgan fingerprint density at radius 1 is 1.11 bits per heavy atom. The Morgan fingerprint density at radius 3 is 2.49 bits per heavy atom. The molecule has 0 spiro atoms. The molecule has 0 aromatic rings. The Morgan fingerprint density at radius 2 is 1.86 bits per heavy atom. The van der Waals surface area contributed by atoms with E-state index in [2.05, 4.69) is 78.1 Å². The summed E-state index contributed by atoms with van der Waals surface area (Å²) in [7, 11) is 0. The number of alkyl halides is 1. The fourth-order valence-corrected chi connectivity index (χ4v) is 9.12. The van der Waals surface area contributed by atoms with Crippen molar-refractivity contribution in [2.45, 2.75) is 140 Å². The highest BCUT2D eigenvalue weighted by molar-refractivity contribution is 9.09. The summed E-state index contributed by atoms with van der Waals surface area (Å²) in [6.45, 7) is 15.3. The van der Waals surface area contributed by atoms with Crippen molar-refractivity contribution < 1.29 is 9.90 Å². The third-order valence-corrected chi connectivity index (χ3v) is 11.9. The number of nitrogens with one attached hydrogen (secondary N) is 2. The lowest BCUT2D eigenvalue weighted by atomic mass is 9.74. The number of aliphatic hydroxyl groups excluding tert-OH is 1. The Balaban J connectivity index is 1.54. The van der Waals surface area contributed by atoms with Crippen molar-refractivity contribution in [3.63, 3.8) is 0 Å². The third-order valence-electron chi connectivity index (χ3n) is 10.6. The average Bonchev–Trinajstić information content (AvgIpc) is 3.24. The van der Waals surface area contributed by atoms with E-state index in [0.717, 1.165) is 64.5 Å². The molecule has 7 heteroatoms. The maximum Gasteiger partial charge on any atom is 0.227 e. The summed E-state index contributed by atoms with van der Waals surface area (Å²) in [5.74, 6) is 2.58. The van der Waals surface area contributed by atoms with Crippen molar-refractivity contribution in [2.75, 3.05) is 13.1 Å². The van der Waals surface area contributed by atoms with E-state index in [0.29, 0.717) is 46.5 Å². The van der Waals surface area contributed by atoms with Crippen molar-refractivity contribution >= 4 is 21.8 Å². The van der Waals surface area contributed by atoms with Crippen molar-refractivity contribution in [3.8, 4) is 0 Å². The minimum atomic E-state index is -0.267. The second-order valence-electron chi connectivity index (χ2n) is 13.0. The van der Waals surface area contributed by atoms with Crippen molar-refractivity contribution in [1.29, 1.82) is 0 Å². The van der Waals surface area contributed by atoms with Crippen LogP contribution in [0.4, 0.5) is 0 Å². The first-order chi connectivity index (χ1) is 17.7. The molecule has 2 aliphatic carbocycles. The van der Waals surface area contributed by atoms with Crippen molar-refractivity contribution in [3.05, 3.63) is 0 Å². The predicted molar refractivity (Wildman–Crippen MR) is 155 cm³/mol. The molecule has 0 bridgehead atoms. The van der Waals surface area contributed by atoms with Crippen LogP contribution in [0.5, 0.6) is 0 Å². The third kappa shape index (κ3) is 5.96. The van der Waals surface area contributed by atoms with Gasteiger partial charge in [0.05, 0.1) is 18.1 Å². The van der Waals surface area contributed by atoms with Crippen LogP contribution in [-0.2, 0) is 4.79 Å². The summed E-state index contributed by atoms with van der Waals surface area (Å²) >= 11 is 3.89. The quantitative estimate of drug-likeness (QED) is 0.353. The molecule has 0 radical (unpaired) electrons. The van der Waals surface area contributed by atoms with Crippen LogP contribution >= 0.6 is 15.9 Å². The Kier molecular flexibility index (Phi) is 10.4. The molecule has 3 N–H and O–H groups in total. The van der Waals surface area contributed by atoms with Crippen LogP contribution in [0.25, 0.3) is 0 Å². The highest BCUT2D eigenvalue weighted by Crippen LogP contribution is 2.43. The van der Waals surface area contributed by atoms with Gasteiger partial charge in [0.15, 0.2) is 0 Å². The molecule has 11 atom stereocenters. The number of likely N-dealkylation sites (tertiary alicyclic amines) is 1. The van der Waals surface area contributed by atoms with E-state index in [1.807, 2.05) is 0 Å². The zero-order valence-electron chi connectivity index (χ0n) is 24.3. The number of nitrogens with zero attached hydrogens (tertiary/aromatic N) is 2. The smallest absolute Gasteiger partial charge is 0.227 e. The van der Waals surface area contributed by atoms with Crippen LogP contribution in [0, 0.1) is 29.6 Å². The zero-order valence-corrected chi connectivity index (χ0v) is 25.9. The minimum Gasteiger partial charge on any atom is -0.391 e. The number of hydrogen-bond acceptors (Lipinski definition) is 5. The first-order valence-electron chi connectivity index (χ1n) is 15.6. The molecule has 37 heavy (non-hydrogen) atoms. The van der Waals surface area contributed by atoms with E-state index < -0.39 is 0 Å². The van der Waals surface area contributed by atoms with Gasteiger partial charge >= 0.3 is 0 Å². The molecule has 4 rings (SSSR count). The van der Waals surface area contributed by atoms with E-state index in [9.17, 15) is 9.90 Å². The molecule has 2 saturated carbocycles. The summed E-state index contributed by atoms with van der Waals surface area (Å²) < 4.78 is 0. The molecule has 1 amide bonds. The van der Waals surface area contributed by atoms with E-state index in [1.54, 1.807) is 0 Å². The molecule has 0 aromatic heterocycles. The highest BCUT2D eigenvalue weighted by atomic mass is 79.9. The first-order valence-corrected chi connectivity index (χ1v) is 16.5. The summed E-state index contributed by atoms with van der Waals surface area (Å²) in [6, 6.07) is 1.48. The summed E-state index contributed by atoms with van der Waals surface area (Å²) in [6.07, 6.45) is 9.22. The van der Waals surface area contributed by atoms with Gasteiger partial charge in [-0.3, -0.25) is 10.2 Å². The molecule has 4 aliphatic rings. The topological polar surface area (TPSA) is 67.8 Å². The maximum absolute atomic E-state index is 14.2. The fraction of sp³-hybridized carbons (Fsp3) is 0.967. The number of hydrazine groups is 1. The van der Waals surface area contributed by atoms with Crippen LogP contribution in [0.1, 0.15) is 99.3 Å². The molecule has 2 aliphatic heterocycles. The SMILES string of the molecule is CCCC1NN(C2CCC(C(C)C)CC2O)C2CCN(C(=O)C3CCC(Br)C(C)C3NCC)C(CC)C12. The molecule has 11 unspecified atom stereocenters. The van der Waals surface area contributed by atoms with Gasteiger partial charge in [0.25, 0.3) is 0 Å². The van der Waals surface area contributed by atoms with Crippen molar-refractivity contribution in [1.82, 2.24) is 20.7 Å². The largest absolute Gasteiger partial charge is 0.391 e. The summed E-state index contributed by atoms with van der Waals surface area (Å²) in [4.78, 5) is 17.0. The monoisotopic (exact) mass is 582 g/mol. The zero-order chi connectivity index (χ0) is 26.9. The molecular formula is C30H55BrN4O2. The van der Waals surface area contributed by atoms with E-state index in [-0.39, 0.29) is 30.1 Å². The Hall–Kier alpha value is -0.210. The molecule has 2 saturated heterocycles. The van der Waals surface area contributed by atoms with Crippen LogP contribution in [-0.4, -0.2) is 75.2 Å². The lowest BCUT2D eigenvalue weighted by Crippen LogP contribution is -2.61. The van der Waals surface area contributed by atoms with E-state index in [1.165, 1.54) is 6.42 Å². The maximum atomic E-state index is 14.2. The molecule has 4 fully saturated rings. The number of fused-ring (bicyclic) bond motifs is 1. The lowest BCUT2D eigenvalue weighted by Gasteiger charge is -2.49. The van der Waals surface area contributed by atoms with Gasteiger partial charge in [0.1, 0.15) is 0 Å². The molecule has 214 valence electrons. The first kappa shape index (κ1) is 29.8. The standard InChI is InChI=1S/C30H55BrN4O2/c1-7-10-23-28-24(8-2)34(30(37)21-12-13-22(31)19(6)29(21)32-9-3)16-15-26(28)35(33-23)25-14-11-20(18(4)5)17-27(25)36/h18-29,32-33,36H,7-17H2,1-6H3. The Labute approximate surface area is 235 Å². The fourth-order valence-electron chi connectivity index (χ4n) is 8.52. The molecule has 2 heterocycles. The van der Waals surface area contributed by atoms with Crippen LogP contribution < -0.4 is 10.7 Å². The predicted octanol–water partition coefficient (Wildman–Crippen LogP) is 4.94. The average molecular weight is 584 g/mol. The van der Waals surface area contributed by atoms with Crippen LogP contribution in [0.3, 0.4) is 0 Å². The second-order valence-corrected chi connectivity index (χ2v) is 14.1. The van der Waals surface area contributed by atoms with Gasteiger partial charge in [-0.05, 0) is 75.7 Å². The normalized spacial score (nSPS) is 43.3. The van der Waals surface area contributed by atoms with E-state index >= 15 is 0 Å². The molecule has 0 aromatic carbocycles. The lowest BCUT2D eigenvalue weighted by molar-refractivity contribution is -0.145. The van der Waals surface area contributed by atoms with Gasteiger partial charge in [-0.1, -0.05) is 63.9 Å². The molecular weight excluding hydrogens is 528 g/mol. The number of hydrogen-bond donors (Lipinski definition) is 3.